The number of hydrogen-bond acceptors (Lipinski definition) is 3. The number of rotatable bonds is 7. The molecule has 0 spiro atoms. The Labute approximate surface area is 145 Å². The normalized spacial score (nSPS) is 12.0. The van der Waals surface area contributed by atoms with Crippen molar-refractivity contribution in [2.45, 2.75) is 32.9 Å². The minimum Gasteiger partial charge on any atom is -0.481 e. The lowest BCUT2D eigenvalue weighted by molar-refractivity contribution is -0.127. The summed E-state index contributed by atoms with van der Waals surface area (Å²) in [6.45, 7) is 5.03. The van der Waals surface area contributed by atoms with Gasteiger partial charge in [-0.1, -0.05) is 23.2 Å². The number of nitrogens with one attached hydrogen (secondary N) is 1. The fourth-order valence-electron chi connectivity index (χ4n) is 2.05. The van der Waals surface area contributed by atoms with Crippen molar-refractivity contribution in [2.24, 2.45) is 0 Å². The standard InChI is InChI=1S/C16H19Cl2N3O2/c1-11(23-13-4-5-14(17)15(18)10-13)16(22)20-6-3-8-21-9-7-19-12(21)2/h4-5,7,9-11H,3,6,8H2,1-2H3,(H,20,22). The molecule has 1 atom stereocenters. The number of benzene rings is 1. The van der Waals surface area contributed by atoms with Gasteiger partial charge in [-0.15, -0.1) is 0 Å². The minimum absolute atomic E-state index is 0.168. The van der Waals surface area contributed by atoms with Crippen LogP contribution in [0.25, 0.3) is 0 Å². The quantitative estimate of drug-likeness (QED) is 0.773. The van der Waals surface area contributed by atoms with Crippen LogP contribution in [0.3, 0.4) is 0 Å². The number of carbonyl (C=O) groups is 1. The van der Waals surface area contributed by atoms with Crippen LogP contribution in [0, 0.1) is 6.92 Å². The van der Waals surface area contributed by atoms with Crippen molar-refractivity contribution in [3.8, 4) is 5.75 Å². The van der Waals surface area contributed by atoms with Crippen LogP contribution in [-0.4, -0.2) is 28.1 Å². The van der Waals surface area contributed by atoms with Gasteiger partial charge in [0, 0.05) is 31.5 Å². The average molecular weight is 356 g/mol. The summed E-state index contributed by atoms with van der Waals surface area (Å²) >= 11 is 11.8. The highest BCUT2D eigenvalue weighted by Crippen LogP contribution is 2.26. The van der Waals surface area contributed by atoms with Crippen LogP contribution in [-0.2, 0) is 11.3 Å². The molecule has 0 aliphatic heterocycles. The first-order chi connectivity index (χ1) is 11.0. The maximum atomic E-state index is 12.0. The Bertz CT molecular complexity index is 673. The van der Waals surface area contributed by atoms with Gasteiger partial charge in [0.1, 0.15) is 11.6 Å². The Morgan fingerprint density at radius 3 is 2.83 bits per heavy atom. The molecule has 1 aromatic carbocycles. The predicted molar refractivity (Wildman–Crippen MR) is 91.1 cm³/mol. The summed E-state index contributed by atoms with van der Waals surface area (Å²) < 4.78 is 7.61. The Balaban J connectivity index is 1.74. The highest BCUT2D eigenvalue weighted by Gasteiger charge is 2.14. The molecule has 0 fully saturated rings. The average Bonchev–Trinajstić information content (AvgIpc) is 2.92. The summed E-state index contributed by atoms with van der Waals surface area (Å²) in [6, 6.07) is 4.91. The molecule has 0 saturated heterocycles. The van der Waals surface area contributed by atoms with Gasteiger partial charge in [-0.05, 0) is 32.4 Å². The van der Waals surface area contributed by atoms with Crippen molar-refractivity contribution in [3.05, 3.63) is 46.5 Å². The number of hydrogen-bond donors (Lipinski definition) is 1. The number of aromatic nitrogens is 2. The molecular formula is C16H19Cl2N3O2. The first-order valence-electron chi connectivity index (χ1n) is 7.34. The maximum absolute atomic E-state index is 12.0. The fraction of sp³-hybridized carbons (Fsp3) is 0.375. The van der Waals surface area contributed by atoms with E-state index in [-0.39, 0.29) is 5.91 Å². The van der Waals surface area contributed by atoms with Crippen LogP contribution >= 0.6 is 23.2 Å². The molecule has 0 aliphatic carbocycles. The van der Waals surface area contributed by atoms with E-state index in [1.54, 1.807) is 31.3 Å². The van der Waals surface area contributed by atoms with E-state index in [2.05, 4.69) is 10.3 Å². The molecule has 5 nitrogen and oxygen atoms in total. The van der Waals surface area contributed by atoms with E-state index in [1.807, 2.05) is 17.7 Å². The molecule has 0 aliphatic rings. The van der Waals surface area contributed by atoms with Crippen molar-refractivity contribution in [2.75, 3.05) is 6.54 Å². The highest BCUT2D eigenvalue weighted by atomic mass is 35.5. The summed E-state index contributed by atoms with van der Waals surface area (Å²) in [6.07, 6.45) is 3.90. The number of carbonyl (C=O) groups excluding carboxylic acids is 1. The number of amides is 1. The molecule has 1 amide bonds. The Morgan fingerprint density at radius 2 is 2.17 bits per heavy atom. The summed E-state index contributed by atoms with van der Waals surface area (Å²) in [5.74, 6) is 1.31. The van der Waals surface area contributed by atoms with E-state index < -0.39 is 6.10 Å². The van der Waals surface area contributed by atoms with E-state index >= 15 is 0 Å². The van der Waals surface area contributed by atoms with Crippen LogP contribution in [0.5, 0.6) is 5.75 Å². The minimum atomic E-state index is -0.609. The van der Waals surface area contributed by atoms with Gasteiger partial charge in [0.05, 0.1) is 10.0 Å². The van der Waals surface area contributed by atoms with Crippen LogP contribution in [0.2, 0.25) is 10.0 Å². The Kier molecular flexibility index (Phi) is 6.30. The highest BCUT2D eigenvalue weighted by molar-refractivity contribution is 6.42. The zero-order valence-corrected chi connectivity index (χ0v) is 14.6. The van der Waals surface area contributed by atoms with Gasteiger partial charge in [0.15, 0.2) is 6.10 Å². The van der Waals surface area contributed by atoms with Crippen molar-refractivity contribution in [3.63, 3.8) is 0 Å². The van der Waals surface area contributed by atoms with Gasteiger partial charge in [-0.25, -0.2) is 4.98 Å². The van der Waals surface area contributed by atoms with E-state index in [1.165, 1.54) is 0 Å². The van der Waals surface area contributed by atoms with Gasteiger partial charge in [0.2, 0.25) is 0 Å². The lowest BCUT2D eigenvalue weighted by atomic mass is 10.3. The molecule has 1 aromatic heterocycles. The lowest BCUT2D eigenvalue weighted by Gasteiger charge is -2.15. The lowest BCUT2D eigenvalue weighted by Crippen LogP contribution is -2.37. The second kappa shape index (κ2) is 8.22. The van der Waals surface area contributed by atoms with Crippen LogP contribution in [0.15, 0.2) is 30.6 Å². The molecule has 1 unspecified atom stereocenters. The molecule has 7 heteroatoms. The third-order valence-electron chi connectivity index (χ3n) is 3.37. The van der Waals surface area contributed by atoms with Crippen molar-refractivity contribution in [1.29, 1.82) is 0 Å². The fourth-order valence-corrected chi connectivity index (χ4v) is 2.34. The first kappa shape index (κ1) is 17.6. The number of aryl methyl sites for hydroxylation is 2. The van der Waals surface area contributed by atoms with Crippen molar-refractivity contribution in [1.82, 2.24) is 14.9 Å². The molecule has 2 aromatic rings. The van der Waals surface area contributed by atoms with Gasteiger partial charge in [-0.2, -0.15) is 0 Å². The Hall–Kier alpha value is -1.72. The number of nitrogens with zero attached hydrogens (tertiary/aromatic N) is 2. The van der Waals surface area contributed by atoms with Crippen LogP contribution in [0.4, 0.5) is 0 Å². The first-order valence-corrected chi connectivity index (χ1v) is 8.10. The predicted octanol–water partition coefficient (Wildman–Crippen LogP) is 3.47. The largest absolute Gasteiger partial charge is 0.481 e. The summed E-state index contributed by atoms with van der Waals surface area (Å²) in [5.41, 5.74) is 0. The maximum Gasteiger partial charge on any atom is 0.260 e. The third kappa shape index (κ3) is 5.15. The molecule has 0 bridgehead atoms. The van der Waals surface area contributed by atoms with E-state index in [0.717, 1.165) is 18.8 Å². The molecule has 1 N–H and O–H groups in total. The van der Waals surface area contributed by atoms with Crippen LogP contribution < -0.4 is 10.1 Å². The monoisotopic (exact) mass is 355 g/mol. The third-order valence-corrected chi connectivity index (χ3v) is 4.11. The van der Waals surface area contributed by atoms with Gasteiger partial charge in [-0.3, -0.25) is 4.79 Å². The second-order valence-electron chi connectivity index (χ2n) is 5.15. The number of halogens is 2. The second-order valence-corrected chi connectivity index (χ2v) is 5.96. The van der Waals surface area contributed by atoms with E-state index in [9.17, 15) is 4.79 Å². The summed E-state index contributed by atoms with van der Waals surface area (Å²) in [7, 11) is 0. The van der Waals surface area contributed by atoms with Gasteiger partial charge in [0.25, 0.3) is 5.91 Å². The summed E-state index contributed by atoms with van der Waals surface area (Å²) in [5, 5.41) is 3.70. The zero-order chi connectivity index (χ0) is 16.8. The molecule has 23 heavy (non-hydrogen) atoms. The Morgan fingerprint density at radius 1 is 1.39 bits per heavy atom. The zero-order valence-electron chi connectivity index (χ0n) is 13.1. The molecule has 124 valence electrons. The van der Waals surface area contributed by atoms with Gasteiger partial charge >= 0.3 is 0 Å². The van der Waals surface area contributed by atoms with Crippen LogP contribution in [0.1, 0.15) is 19.2 Å². The van der Waals surface area contributed by atoms with Gasteiger partial charge < -0.3 is 14.6 Å². The van der Waals surface area contributed by atoms with Crippen molar-refractivity contribution >= 4 is 29.1 Å². The number of ether oxygens (including phenoxy) is 1. The number of imidazole rings is 1. The SMILES string of the molecule is Cc1nccn1CCCNC(=O)C(C)Oc1ccc(Cl)c(Cl)c1. The molecular weight excluding hydrogens is 337 g/mol. The van der Waals surface area contributed by atoms with Crippen molar-refractivity contribution < 1.29 is 9.53 Å². The van der Waals surface area contributed by atoms with E-state index in [4.69, 9.17) is 27.9 Å². The molecule has 2 rings (SSSR count). The topological polar surface area (TPSA) is 56.2 Å². The summed E-state index contributed by atoms with van der Waals surface area (Å²) in [4.78, 5) is 16.2. The molecule has 0 radical (unpaired) electrons. The molecule has 0 saturated carbocycles. The smallest absolute Gasteiger partial charge is 0.260 e. The molecule has 1 heterocycles. The van der Waals surface area contributed by atoms with E-state index in [0.29, 0.717) is 22.3 Å².